The first-order valence-corrected chi connectivity index (χ1v) is 9.80. The van der Waals surface area contributed by atoms with E-state index in [-0.39, 0.29) is 16.1 Å². The molecule has 0 atom stereocenters. The summed E-state index contributed by atoms with van der Waals surface area (Å²) in [6.07, 6.45) is 2.64. The van der Waals surface area contributed by atoms with Crippen LogP contribution in [0.5, 0.6) is 0 Å². The van der Waals surface area contributed by atoms with Crippen LogP contribution in [0.25, 0.3) is 5.65 Å². The number of rotatable bonds is 5. The molecular formula is C19H13F3N4O2S. The molecule has 2 aromatic carbocycles. The van der Waals surface area contributed by atoms with Crippen molar-refractivity contribution >= 4 is 21.4 Å². The fourth-order valence-corrected chi connectivity index (χ4v) is 4.35. The highest BCUT2D eigenvalue weighted by atomic mass is 32.2. The van der Waals surface area contributed by atoms with E-state index in [0.29, 0.717) is 11.7 Å². The highest BCUT2D eigenvalue weighted by Crippen LogP contribution is 2.27. The Labute approximate surface area is 163 Å². The first-order valence-electron chi connectivity index (χ1n) is 8.35. The molecule has 0 saturated heterocycles. The van der Waals surface area contributed by atoms with Gasteiger partial charge in [0.05, 0.1) is 12.2 Å². The summed E-state index contributed by atoms with van der Waals surface area (Å²) in [5.41, 5.74) is 0.521. The van der Waals surface area contributed by atoms with Crippen LogP contribution in [0.3, 0.4) is 0 Å². The van der Waals surface area contributed by atoms with Gasteiger partial charge in [-0.3, -0.25) is 8.71 Å². The molecule has 0 saturated carbocycles. The van der Waals surface area contributed by atoms with Crippen molar-refractivity contribution in [2.24, 2.45) is 0 Å². The van der Waals surface area contributed by atoms with Crippen molar-refractivity contribution < 1.29 is 21.6 Å². The first kappa shape index (κ1) is 18.9. The monoisotopic (exact) mass is 418 g/mol. The molecule has 2 aromatic heterocycles. The summed E-state index contributed by atoms with van der Waals surface area (Å²) in [6.45, 7) is -0.402. The highest BCUT2D eigenvalue weighted by Gasteiger charge is 2.26. The smallest absolute Gasteiger partial charge is 0.266 e. The minimum atomic E-state index is -4.22. The third-order valence-electron chi connectivity index (χ3n) is 4.20. The van der Waals surface area contributed by atoms with Crippen LogP contribution in [0.2, 0.25) is 0 Å². The maximum atomic E-state index is 13.8. The molecule has 0 spiro atoms. The SMILES string of the molecule is O=S(=O)(c1ccc2nncn2c1)N(Cc1cc(F)cc(F)c1)c1cccc(F)c1. The zero-order valence-electron chi connectivity index (χ0n) is 14.7. The van der Waals surface area contributed by atoms with Gasteiger partial charge >= 0.3 is 0 Å². The highest BCUT2D eigenvalue weighted by molar-refractivity contribution is 7.92. The van der Waals surface area contributed by atoms with Gasteiger partial charge in [0, 0.05) is 12.3 Å². The Bertz CT molecular complexity index is 1290. The van der Waals surface area contributed by atoms with Gasteiger partial charge in [0.25, 0.3) is 10.0 Å². The Morgan fingerprint density at radius 3 is 2.41 bits per heavy atom. The lowest BCUT2D eigenvalue weighted by Crippen LogP contribution is -2.31. The van der Waals surface area contributed by atoms with Crippen LogP contribution in [0.1, 0.15) is 5.56 Å². The van der Waals surface area contributed by atoms with Gasteiger partial charge < -0.3 is 0 Å². The molecule has 2 heterocycles. The molecule has 0 amide bonds. The van der Waals surface area contributed by atoms with E-state index < -0.39 is 34.0 Å². The fourth-order valence-electron chi connectivity index (χ4n) is 2.90. The Hall–Kier alpha value is -3.40. The van der Waals surface area contributed by atoms with Crippen molar-refractivity contribution in [3.05, 3.63) is 90.1 Å². The summed E-state index contributed by atoms with van der Waals surface area (Å²) in [5, 5.41) is 7.51. The molecule has 0 aliphatic carbocycles. The van der Waals surface area contributed by atoms with Gasteiger partial charge in [0.2, 0.25) is 0 Å². The van der Waals surface area contributed by atoms with Crippen molar-refractivity contribution in [2.45, 2.75) is 11.4 Å². The fraction of sp³-hybridized carbons (Fsp3) is 0.0526. The lowest BCUT2D eigenvalue weighted by atomic mass is 10.2. The zero-order chi connectivity index (χ0) is 20.6. The maximum Gasteiger partial charge on any atom is 0.266 e. The topological polar surface area (TPSA) is 67.6 Å². The molecule has 4 aromatic rings. The quantitative estimate of drug-likeness (QED) is 0.497. The molecular weight excluding hydrogens is 405 g/mol. The number of pyridine rings is 1. The number of aromatic nitrogens is 3. The Kier molecular flexibility index (Phi) is 4.71. The summed E-state index contributed by atoms with van der Waals surface area (Å²) in [4.78, 5) is -0.120. The molecule has 29 heavy (non-hydrogen) atoms. The molecule has 0 fully saturated rings. The summed E-state index contributed by atoms with van der Waals surface area (Å²) in [6, 6.07) is 10.5. The van der Waals surface area contributed by atoms with E-state index in [4.69, 9.17) is 0 Å². The van der Waals surface area contributed by atoms with E-state index in [2.05, 4.69) is 10.2 Å². The van der Waals surface area contributed by atoms with Crippen molar-refractivity contribution in [1.29, 1.82) is 0 Å². The normalized spacial score (nSPS) is 11.7. The second kappa shape index (κ2) is 7.21. The van der Waals surface area contributed by atoms with Crippen molar-refractivity contribution in [1.82, 2.24) is 14.6 Å². The van der Waals surface area contributed by atoms with Gasteiger partial charge in [-0.05, 0) is 48.0 Å². The molecule has 0 aliphatic rings. The average Bonchev–Trinajstić information content (AvgIpc) is 3.13. The van der Waals surface area contributed by atoms with E-state index in [1.54, 1.807) is 0 Å². The zero-order valence-corrected chi connectivity index (χ0v) is 15.5. The Morgan fingerprint density at radius 2 is 1.69 bits per heavy atom. The predicted molar refractivity (Wildman–Crippen MR) is 99.1 cm³/mol. The molecule has 148 valence electrons. The molecule has 4 rings (SSSR count). The standard InChI is InChI=1S/C19H13F3N4O2S/c20-14-2-1-3-17(9-14)26(10-13-6-15(21)8-16(22)7-13)29(27,28)18-4-5-19-24-23-12-25(19)11-18/h1-9,11-12H,10H2. The summed E-state index contributed by atoms with van der Waals surface area (Å²) < 4.78 is 70.0. The van der Waals surface area contributed by atoms with Gasteiger partial charge in [-0.25, -0.2) is 21.6 Å². The van der Waals surface area contributed by atoms with Crippen LogP contribution >= 0.6 is 0 Å². The van der Waals surface area contributed by atoms with E-state index in [9.17, 15) is 21.6 Å². The number of fused-ring (bicyclic) bond motifs is 1. The largest absolute Gasteiger partial charge is 0.288 e. The third-order valence-corrected chi connectivity index (χ3v) is 5.95. The maximum absolute atomic E-state index is 13.8. The second-order valence-electron chi connectivity index (χ2n) is 6.23. The summed E-state index contributed by atoms with van der Waals surface area (Å²) >= 11 is 0. The number of benzene rings is 2. The van der Waals surface area contributed by atoms with Gasteiger partial charge in [-0.2, -0.15) is 0 Å². The minimum absolute atomic E-state index is 0.0125. The number of sulfonamides is 1. The van der Waals surface area contributed by atoms with Gasteiger partial charge in [0.15, 0.2) is 5.65 Å². The summed E-state index contributed by atoms with van der Waals surface area (Å²) in [7, 11) is -4.22. The summed E-state index contributed by atoms with van der Waals surface area (Å²) in [5.74, 6) is -2.34. The molecule has 6 nitrogen and oxygen atoms in total. The molecule has 0 unspecified atom stereocenters. The predicted octanol–water partition coefficient (Wildman–Crippen LogP) is 3.54. The van der Waals surface area contributed by atoms with Gasteiger partial charge in [-0.1, -0.05) is 6.07 Å². The molecule has 0 aliphatic heterocycles. The van der Waals surface area contributed by atoms with Crippen LogP contribution in [0.4, 0.5) is 18.9 Å². The molecule has 10 heteroatoms. The van der Waals surface area contributed by atoms with Gasteiger partial charge in [-0.15, -0.1) is 10.2 Å². The van der Waals surface area contributed by atoms with Crippen LogP contribution < -0.4 is 4.31 Å². The number of hydrogen-bond acceptors (Lipinski definition) is 4. The van der Waals surface area contributed by atoms with Crippen molar-refractivity contribution in [3.63, 3.8) is 0 Å². The average molecular weight is 418 g/mol. The molecule has 0 N–H and O–H groups in total. The Morgan fingerprint density at radius 1 is 0.931 bits per heavy atom. The number of hydrogen-bond donors (Lipinski definition) is 0. The minimum Gasteiger partial charge on any atom is -0.288 e. The first-order chi connectivity index (χ1) is 13.8. The number of nitrogens with zero attached hydrogens (tertiary/aromatic N) is 4. The molecule has 0 bridgehead atoms. The van der Waals surface area contributed by atoms with E-state index >= 15 is 0 Å². The van der Waals surface area contributed by atoms with Crippen LogP contribution in [-0.4, -0.2) is 23.0 Å². The lowest BCUT2D eigenvalue weighted by molar-refractivity contribution is 0.576. The molecule has 0 radical (unpaired) electrons. The number of halogens is 3. The lowest BCUT2D eigenvalue weighted by Gasteiger charge is -2.25. The number of anilines is 1. The van der Waals surface area contributed by atoms with Crippen LogP contribution in [-0.2, 0) is 16.6 Å². The van der Waals surface area contributed by atoms with E-state index in [1.807, 2.05) is 0 Å². The van der Waals surface area contributed by atoms with E-state index in [1.165, 1.54) is 47.3 Å². The third kappa shape index (κ3) is 3.79. The van der Waals surface area contributed by atoms with Crippen LogP contribution in [0, 0.1) is 17.5 Å². The second-order valence-corrected chi connectivity index (χ2v) is 8.09. The van der Waals surface area contributed by atoms with Crippen LogP contribution in [0.15, 0.2) is 72.0 Å². The Balaban J connectivity index is 1.84. The van der Waals surface area contributed by atoms with Gasteiger partial charge in [0.1, 0.15) is 28.7 Å². The van der Waals surface area contributed by atoms with E-state index in [0.717, 1.165) is 22.5 Å². The van der Waals surface area contributed by atoms with Crippen molar-refractivity contribution in [3.8, 4) is 0 Å². The van der Waals surface area contributed by atoms with Crippen molar-refractivity contribution in [2.75, 3.05) is 4.31 Å².